The molecule has 9 heteroatoms. The lowest BCUT2D eigenvalue weighted by Crippen LogP contribution is -2.41. The van der Waals surface area contributed by atoms with Crippen molar-refractivity contribution in [3.8, 4) is 11.3 Å². The molecule has 1 atom stereocenters. The molecule has 1 aromatic carbocycles. The summed E-state index contributed by atoms with van der Waals surface area (Å²) < 4.78 is 17.3. The molecular formula is C29H34ClFN6O. The van der Waals surface area contributed by atoms with E-state index in [0.29, 0.717) is 47.1 Å². The third-order valence-electron chi connectivity index (χ3n) is 8.02. The molecule has 3 aliphatic rings. The monoisotopic (exact) mass is 536 g/mol. The van der Waals surface area contributed by atoms with E-state index in [9.17, 15) is 4.79 Å². The number of benzene rings is 1. The quantitative estimate of drug-likeness (QED) is 0.492. The number of fused-ring (bicyclic) bond motifs is 3. The van der Waals surface area contributed by atoms with Crippen molar-refractivity contribution in [2.45, 2.75) is 59.0 Å². The Kier molecular flexibility index (Phi) is 6.82. The number of carbonyl (C=O) groups excluding carboxylic acids is 1. The molecule has 1 fully saturated rings. The van der Waals surface area contributed by atoms with Gasteiger partial charge in [0, 0.05) is 36.0 Å². The van der Waals surface area contributed by atoms with Crippen molar-refractivity contribution in [3.63, 3.8) is 0 Å². The molecular weight excluding hydrogens is 503 g/mol. The maximum absolute atomic E-state index is 15.1. The molecule has 2 aliphatic heterocycles. The lowest BCUT2D eigenvalue weighted by molar-refractivity contribution is 0.0964. The van der Waals surface area contributed by atoms with E-state index < -0.39 is 5.82 Å². The van der Waals surface area contributed by atoms with Gasteiger partial charge in [0.15, 0.2) is 0 Å². The summed E-state index contributed by atoms with van der Waals surface area (Å²) in [4.78, 5) is 24.1. The molecule has 0 saturated carbocycles. The van der Waals surface area contributed by atoms with Gasteiger partial charge in [-0.3, -0.25) is 4.79 Å². The number of carbonyl (C=O) groups is 1. The minimum Gasteiger partial charge on any atom is -0.383 e. The van der Waals surface area contributed by atoms with Crippen LogP contribution in [0.1, 0.15) is 59.6 Å². The number of hydrogen-bond donors (Lipinski definition) is 2. The van der Waals surface area contributed by atoms with Gasteiger partial charge in [0.1, 0.15) is 23.7 Å². The van der Waals surface area contributed by atoms with Gasteiger partial charge in [-0.15, -0.1) is 12.4 Å². The third-order valence-corrected chi connectivity index (χ3v) is 8.02. The first-order chi connectivity index (χ1) is 17.7. The fraction of sp³-hybridized carbons (Fsp3) is 0.414. The van der Waals surface area contributed by atoms with Crippen molar-refractivity contribution >= 4 is 35.9 Å². The van der Waals surface area contributed by atoms with Crippen LogP contribution in [0, 0.1) is 18.2 Å². The molecule has 3 N–H and O–H groups in total. The molecule has 3 aromatic rings. The van der Waals surface area contributed by atoms with Crippen molar-refractivity contribution in [1.29, 1.82) is 0 Å². The van der Waals surface area contributed by atoms with Crippen LogP contribution in [0.2, 0.25) is 0 Å². The zero-order chi connectivity index (χ0) is 25.9. The number of amides is 1. The van der Waals surface area contributed by atoms with Gasteiger partial charge in [0.2, 0.25) is 0 Å². The Balaban J connectivity index is 0.00000294. The van der Waals surface area contributed by atoms with E-state index in [1.807, 2.05) is 19.1 Å². The normalized spacial score (nSPS) is 20.1. The van der Waals surface area contributed by atoms with E-state index in [1.54, 1.807) is 4.90 Å². The van der Waals surface area contributed by atoms with E-state index >= 15 is 4.39 Å². The molecule has 0 spiro atoms. The summed E-state index contributed by atoms with van der Waals surface area (Å²) in [6.45, 7) is 8.62. The summed E-state index contributed by atoms with van der Waals surface area (Å²) >= 11 is 0. The largest absolute Gasteiger partial charge is 0.383 e. The van der Waals surface area contributed by atoms with Gasteiger partial charge >= 0.3 is 0 Å². The van der Waals surface area contributed by atoms with E-state index in [-0.39, 0.29) is 29.8 Å². The fourth-order valence-electron chi connectivity index (χ4n) is 6.21. The standard InChI is InChI=1S/C29H33FN6O.ClH/c1-17-22(26-21(27(31)34-16-33-26)7-6-20-5-4-8-32-20)12-19(30)13-23(17)36-10-9-35-24(28(36)37)11-18-14-29(2,3)15-25(18)35;/h6-7,11-13,16,20,32H,4-5,8-10,14-15H2,1-3H3,(H2,31,33,34);1H/t20-;/m0./s1. The Hall–Kier alpha value is -3.23. The first kappa shape index (κ1) is 26.4. The smallest absolute Gasteiger partial charge is 0.274 e. The minimum absolute atomic E-state index is 0. The number of nitrogens with zero attached hydrogens (tertiary/aromatic N) is 4. The highest BCUT2D eigenvalue weighted by molar-refractivity contribution is 6.07. The first-order valence-electron chi connectivity index (χ1n) is 13.1. The minimum atomic E-state index is -0.418. The third kappa shape index (κ3) is 4.50. The second kappa shape index (κ2) is 9.82. The molecule has 2 aromatic heterocycles. The number of nitrogens with two attached hydrogens (primary N) is 1. The molecule has 1 saturated heterocycles. The van der Waals surface area contributed by atoms with Crippen LogP contribution in [0.4, 0.5) is 15.9 Å². The lowest BCUT2D eigenvalue weighted by atomic mass is 9.90. The van der Waals surface area contributed by atoms with Gasteiger partial charge < -0.3 is 20.5 Å². The zero-order valence-corrected chi connectivity index (χ0v) is 22.9. The number of hydrogen-bond acceptors (Lipinski definition) is 5. The molecule has 1 aliphatic carbocycles. The van der Waals surface area contributed by atoms with Gasteiger partial charge in [-0.1, -0.05) is 26.0 Å². The number of rotatable bonds is 4. The highest BCUT2D eigenvalue weighted by Crippen LogP contribution is 2.41. The van der Waals surface area contributed by atoms with Crippen LogP contribution in [-0.2, 0) is 19.4 Å². The van der Waals surface area contributed by atoms with Crippen molar-refractivity contribution < 1.29 is 9.18 Å². The average Bonchev–Trinajstić information content (AvgIpc) is 3.55. The van der Waals surface area contributed by atoms with Gasteiger partial charge in [-0.2, -0.15) is 0 Å². The van der Waals surface area contributed by atoms with E-state index in [0.717, 1.165) is 37.8 Å². The molecule has 0 unspecified atom stereocenters. The molecule has 4 heterocycles. The maximum Gasteiger partial charge on any atom is 0.274 e. The lowest BCUT2D eigenvalue weighted by Gasteiger charge is -2.31. The van der Waals surface area contributed by atoms with Gasteiger partial charge in [-0.05, 0) is 73.9 Å². The molecule has 0 bridgehead atoms. The molecule has 6 rings (SSSR count). The summed E-state index contributed by atoms with van der Waals surface area (Å²) in [6, 6.07) is 5.24. The second-order valence-electron chi connectivity index (χ2n) is 11.3. The zero-order valence-electron chi connectivity index (χ0n) is 22.1. The Morgan fingerprint density at radius 2 is 2.00 bits per heavy atom. The predicted octanol–water partition coefficient (Wildman–Crippen LogP) is 4.95. The number of nitrogens with one attached hydrogen (secondary N) is 1. The number of nitrogen functional groups attached to an aromatic ring is 1. The maximum atomic E-state index is 15.1. The first-order valence-corrected chi connectivity index (χ1v) is 13.1. The van der Waals surface area contributed by atoms with Crippen LogP contribution in [0.15, 0.2) is 30.6 Å². The van der Waals surface area contributed by atoms with Gasteiger partial charge in [0.05, 0.1) is 11.4 Å². The fourth-order valence-corrected chi connectivity index (χ4v) is 6.21. The van der Waals surface area contributed by atoms with Crippen LogP contribution in [-0.4, -0.2) is 39.6 Å². The van der Waals surface area contributed by atoms with Crippen LogP contribution in [0.25, 0.3) is 17.3 Å². The van der Waals surface area contributed by atoms with Crippen molar-refractivity contribution in [1.82, 2.24) is 19.9 Å². The van der Waals surface area contributed by atoms with E-state index in [1.165, 1.54) is 29.7 Å². The Morgan fingerprint density at radius 1 is 1.18 bits per heavy atom. The summed E-state index contributed by atoms with van der Waals surface area (Å²) in [6.07, 6.45) is 9.54. The van der Waals surface area contributed by atoms with Gasteiger partial charge in [0.25, 0.3) is 5.91 Å². The molecule has 38 heavy (non-hydrogen) atoms. The average molecular weight is 537 g/mol. The van der Waals surface area contributed by atoms with Crippen molar-refractivity contribution in [2.75, 3.05) is 23.7 Å². The van der Waals surface area contributed by atoms with E-state index in [2.05, 4.69) is 39.8 Å². The number of anilines is 2. The van der Waals surface area contributed by atoms with Crippen LogP contribution in [0.5, 0.6) is 0 Å². The summed E-state index contributed by atoms with van der Waals surface area (Å²) in [5.74, 6) is -0.167. The Labute approximate surface area is 228 Å². The van der Waals surface area contributed by atoms with E-state index in [4.69, 9.17) is 5.73 Å². The van der Waals surface area contributed by atoms with Crippen LogP contribution < -0.4 is 16.0 Å². The Bertz CT molecular complexity index is 1440. The molecule has 200 valence electrons. The molecule has 7 nitrogen and oxygen atoms in total. The van der Waals surface area contributed by atoms with Crippen LogP contribution >= 0.6 is 12.4 Å². The van der Waals surface area contributed by atoms with Crippen LogP contribution in [0.3, 0.4) is 0 Å². The van der Waals surface area contributed by atoms with Crippen molar-refractivity contribution in [3.05, 3.63) is 64.5 Å². The second-order valence-corrected chi connectivity index (χ2v) is 11.3. The summed E-state index contributed by atoms with van der Waals surface area (Å²) in [7, 11) is 0. The van der Waals surface area contributed by atoms with Crippen molar-refractivity contribution in [2.24, 2.45) is 5.41 Å². The summed E-state index contributed by atoms with van der Waals surface area (Å²) in [5.41, 5.74) is 12.9. The van der Waals surface area contributed by atoms with Gasteiger partial charge in [-0.25, -0.2) is 14.4 Å². The summed E-state index contributed by atoms with van der Waals surface area (Å²) in [5, 5.41) is 3.43. The number of halogens is 2. The number of aromatic nitrogens is 3. The Morgan fingerprint density at radius 3 is 2.76 bits per heavy atom. The SMILES string of the molecule is Cc1c(-c2ncnc(N)c2C=C[C@@H]2CCCN2)cc(F)cc1N1CCn2c(cc3c2CC(C)(C)C3)C1=O.Cl. The highest BCUT2D eigenvalue weighted by Gasteiger charge is 2.37. The molecule has 1 amide bonds. The predicted molar refractivity (Wildman–Crippen MR) is 151 cm³/mol. The topological polar surface area (TPSA) is 89.1 Å². The molecule has 0 radical (unpaired) electrons. The highest BCUT2D eigenvalue weighted by atomic mass is 35.5.